The van der Waals surface area contributed by atoms with E-state index in [2.05, 4.69) is 9.88 Å². The standard InChI is InChI=1S/C22H22ClN3O2S/c1-16-5-7-19(8-6-16)28-14-21-24-20(15-29-21)22(27)26-11-9-25(10-12-26)18-4-2-3-17(23)13-18/h2-8,13,15H,9-12,14H2,1H3. The van der Waals surface area contributed by atoms with Gasteiger partial charge in [-0.15, -0.1) is 11.3 Å². The molecule has 4 rings (SSSR count). The Labute approximate surface area is 179 Å². The molecule has 2 heterocycles. The number of benzene rings is 2. The summed E-state index contributed by atoms with van der Waals surface area (Å²) >= 11 is 7.54. The first-order valence-electron chi connectivity index (χ1n) is 9.52. The summed E-state index contributed by atoms with van der Waals surface area (Å²) in [5.74, 6) is 0.782. The van der Waals surface area contributed by atoms with Crippen molar-refractivity contribution in [2.45, 2.75) is 13.5 Å². The van der Waals surface area contributed by atoms with Crippen LogP contribution in [-0.4, -0.2) is 42.0 Å². The van der Waals surface area contributed by atoms with Crippen molar-refractivity contribution in [1.82, 2.24) is 9.88 Å². The second-order valence-electron chi connectivity index (χ2n) is 6.99. The van der Waals surface area contributed by atoms with Crippen molar-refractivity contribution in [1.29, 1.82) is 0 Å². The molecule has 150 valence electrons. The number of aryl methyl sites for hydroxylation is 1. The highest BCUT2D eigenvalue weighted by molar-refractivity contribution is 7.09. The number of carbonyl (C=O) groups is 1. The van der Waals surface area contributed by atoms with E-state index in [1.807, 2.05) is 65.7 Å². The number of carbonyl (C=O) groups excluding carboxylic acids is 1. The molecule has 0 aliphatic carbocycles. The first-order chi connectivity index (χ1) is 14.1. The zero-order chi connectivity index (χ0) is 20.2. The molecule has 1 fully saturated rings. The van der Waals surface area contributed by atoms with Crippen LogP contribution in [0.2, 0.25) is 5.02 Å². The SMILES string of the molecule is Cc1ccc(OCc2nc(C(=O)N3CCN(c4cccc(Cl)c4)CC3)cs2)cc1. The number of anilines is 1. The Morgan fingerprint density at radius 2 is 1.90 bits per heavy atom. The first-order valence-corrected chi connectivity index (χ1v) is 10.8. The summed E-state index contributed by atoms with van der Waals surface area (Å²) in [6, 6.07) is 15.7. The van der Waals surface area contributed by atoms with E-state index in [4.69, 9.17) is 16.3 Å². The third kappa shape index (κ3) is 4.89. The molecule has 29 heavy (non-hydrogen) atoms. The second-order valence-corrected chi connectivity index (χ2v) is 8.37. The largest absolute Gasteiger partial charge is 0.486 e. The monoisotopic (exact) mass is 427 g/mol. The van der Waals surface area contributed by atoms with Gasteiger partial charge in [-0.1, -0.05) is 35.4 Å². The van der Waals surface area contributed by atoms with Gasteiger partial charge in [-0.3, -0.25) is 4.79 Å². The van der Waals surface area contributed by atoms with Crippen LogP contribution < -0.4 is 9.64 Å². The highest BCUT2D eigenvalue weighted by Gasteiger charge is 2.24. The molecule has 0 spiro atoms. The van der Waals surface area contributed by atoms with Crippen LogP contribution in [0.1, 0.15) is 21.1 Å². The predicted molar refractivity (Wildman–Crippen MR) is 117 cm³/mol. The Morgan fingerprint density at radius 3 is 2.62 bits per heavy atom. The molecule has 1 aliphatic rings. The third-order valence-electron chi connectivity index (χ3n) is 4.89. The summed E-state index contributed by atoms with van der Waals surface area (Å²) in [7, 11) is 0. The van der Waals surface area contributed by atoms with Crippen LogP contribution in [0.5, 0.6) is 5.75 Å². The summed E-state index contributed by atoms with van der Waals surface area (Å²) < 4.78 is 5.76. The molecule has 5 nitrogen and oxygen atoms in total. The number of piperazine rings is 1. The molecule has 0 bridgehead atoms. The smallest absolute Gasteiger partial charge is 0.273 e. The Balaban J connectivity index is 1.31. The number of halogens is 1. The number of nitrogens with zero attached hydrogens (tertiary/aromatic N) is 3. The minimum Gasteiger partial charge on any atom is -0.486 e. The van der Waals surface area contributed by atoms with Gasteiger partial charge in [-0.25, -0.2) is 4.98 Å². The molecule has 1 saturated heterocycles. The molecule has 0 N–H and O–H groups in total. The lowest BCUT2D eigenvalue weighted by molar-refractivity contribution is 0.0741. The van der Waals surface area contributed by atoms with Crippen LogP contribution in [0, 0.1) is 6.92 Å². The van der Waals surface area contributed by atoms with Crippen LogP contribution in [-0.2, 0) is 6.61 Å². The Kier molecular flexibility index (Phi) is 6.02. The van der Waals surface area contributed by atoms with E-state index in [0.717, 1.165) is 34.6 Å². The predicted octanol–water partition coefficient (Wildman–Crippen LogP) is 4.65. The van der Waals surface area contributed by atoms with E-state index < -0.39 is 0 Å². The van der Waals surface area contributed by atoms with Crippen molar-refractivity contribution >= 4 is 34.5 Å². The lowest BCUT2D eigenvalue weighted by atomic mass is 10.2. The fourth-order valence-electron chi connectivity index (χ4n) is 3.26. The van der Waals surface area contributed by atoms with Gasteiger partial charge in [-0.2, -0.15) is 0 Å². The van der Waals surface area contributed by atoms with Crippen LogP contribution in [0.4, 0.5) is 5.69 Å². The van der Waals surface area contributed by atoms with E-state index in [1.165, 1.54) is 16.9 Å². The van der Waals surface area contributed by atoms with Crippen molar-refractivity contribution < 1.29 is 9.53 Å². The normalized spacial score (nSPS) is 14.1. The summed E-state index contributed by atoms with van der Waals surface area (Å²) in [6.07, 6.45) is 0. The van der Waals surface area contributed by atoms with Gasteiger partial charge in [0.15, 0.2) is 0 Å². The number of amides is 1. The number of ether oxygens (including phenoxy) is 1. The molecule has 0 radical (unpaired) electrons. The van der Waals surface area contributed by atoms with Gasteiger partial charge in [0.2, 0.25) is 0 Å². The molecule has 1 aliphatic heterocycles. The Morgan fingerprint density at radius 1 is 1.14 bits per heavy atom. The van der Waals surface area contributed by atoms with Crippen molar-refractivity contribution in [2.24, 2.45) is 0 Å². The maximum absolute atomic E-state index is 12.8. The highest BCUT2D eigenvalue weighted by atomic mass is 35.5. The van der Waals surface area contributed by atoms with E-state index in [-0.39, 0.29) is 5.91 Å². The van der Waals surface area contributed by atoms with Crippen molar-refractivity contribution in [3.63, 3.8) is 0 Å². The van der Waals surface area contributed by atoms with E-state index in [1.54, 1.807) is 0 Å². The third-order valence-corrected chi connectivity index (χ3v) is 5.95. The van der Waals surface area contributed by atoms with Gasteiger partial charge < -0.3 is 14.5 Å². The summed E-state index contributed by atoms with van der Waals surface area (Å²) in [4.78, 5) is 21.4. The van der Waals surface area contributed by atoms with E-state index >= 15 is 0 Å². The zero-order valence-electron chi connectivity index (χ0n) is 16.2. The average Bonchev–Trinajstić information content (AvgIpc) is 3.22. The fourth-order valence-corrected chi connectivity index (χ4v) is 4.12. The molecule has 7 heteroatoms. The Bertz CT molecular complexity index is 982. The molecular formula is C22H22ClN3O2S. The van der Waals surface area contributed by atoms with Crippen molar-refractivity contribution in [3.05, 3.63) is 75.2 Å². The number of rotatable bonds is 5. The summed E-state index contributed by atoms with van der Waals surface area (Å²) in [6.45, 7) is 5.29. The maximum Gasteiger partial charge on any atom is 0.273 e. The van der Waals surface area contributed by atoms with Gasteiger partial charge >= 0.3 is 0 Å². The average molecular weight is 428 g/mol. The fraction of sp³-hybridized carbons (Fsp3) is 0.273. The summed E-state index contributed by atoms with van der Waals surface area (Å²) in [5, 5.41) is 3.34. The van der Waals surface area contributed by atoms with Crippen molar-refractivity contribution in [3.8, 4) is 5.75 Å². The van der Waals surface area contributed by atoms with Gasteiger partial charge in [0.1, 0.15) is 23.1 Å². The zero-order valence-corrected chi connectivity index (χ0v) is 17.7. The number of thiazole rings is 1. The molecule has 1 aromatic heterocycles. The van der Waals surface area contributed by atoms with E-state index in [9.17, 15) is 4.79 Å². The maximum atomic E-state index is 12.8. The molecule has 0 saturated carbocycles. The van der Waals surface area contributed by atoms with Gasteiger partial charge in [0.25, 0.3) is 5.91 Å². The summed E-state index contributed by atoms with van der Waals surface area (Å²) in [5.41, 5.74) is 2.78. The number of hydrogen-bond donors (Lipinski definition) is 0. The highest BCUT2D eigenvalue weighted by Crippen LogP contribution is 2.22. The van der Waals surface area contributed by atoms with Gasteiger partial charge in [0.05, 0.1) is 0 Å². The molecule has 0 atom stereocenters. The van der Waals surface area contributed by atoms with Crippen LogP contribution in [0.3, 0.4) is 0 Å². The van der Waals surface area contributed by atoms with Gasteiger partial charge in [0, 0.05) is 42.3 Å². The van der Waals surface area contributed by atoms with Gasteiger partial charge in [-0.05, 0) is 37.3 Å². The first kappa shape index (κ1) is 19.7. The molecule has 0 unspecified atom stereocenters. The number of aromatic nitrogens is 1. The lowest BCUT2D eigenvalue weighted by Crippen LogP contribution is -2.48. The molecule has 1 amide bonds. The molecule has 3 aromatic rings. The van der Waals surface area contributed by atoms with Crippen molar-refractivity contribution in [2.75, 3.05) is 31.1 Å². The van der Waals surface area contributed by atoms with Crippen LogP contribution in [0.25, 0.3) is 0 Å². The van der Waals surface area contributed by atoms with Crippen LogP contribution in [0.15, 0.2) is 53.9 Å². The van der Waals surface area contributed by atoms with Crippen LogP contribution >= 0.6 is 22.9 Å². The van der Waals surface area contributed by atoms with E-state index in [0.29, 0.717) is 25.4 Å². The Hall–Kier alpha value is -2.57. The molecule has 2 aromatic carbocycles. The minimum atomic E-state index is -0.0198. The number of hydrogen-bond acceptors (Lipinski definition) is 5. The quantitative estimate of drug-likeness (QED) is 0.594. The lowest BCUT2D eigenvalue weighted by Gasteiger charge is -2.35. The minimum absolute atomic E-state index is 0.0198. The topological polar surface area (TPSA) is 45.7 Å². The second kappa shape index (κ2) is 8.84. The molecular weight excluding hydrogens is 406 g/mol.